The van der Waals surface area contributed by atoms with Crippen LogP contribution in [0.4, 0.5) is 0 Å². The number of ether oxygens (including phenoxy) is 1. The summed E-state index contributed by atoms with van der Waals surface area (Å²) in [7, 11) is 0. The summed E-state index contributed by atoms with van der Waals surface area (Å²) in [6.07, 6.45) is 97.9. The number of esters is 1. The third-order valence-electron chi connectivity index (χ3n) is 19.3. The number of allylic oxidation sites excluding steroid dienone is 1. The van der Waals surface area contributed by atoms with Crippen molar-refractivity contribution >= 4 is 11.9 Å². The summed E-state index contributed by atoms with van der Waals surface area (Å²) in [5, 5.41) is 23.2. The van der Waals surface area contributed by atoms with Gasteiger partial charge in [0.05, 0.1) is 25.4 Å². The summed E-state index contributed by atoms with van der Waals surface area (Å²) >= 11 is 0. The number of aliphatic hydroxyl groups excluding tert-OH is 2. The minimum absolute atomic E-state index is 0.0292. The quantitative estimate of drug-likeness (QED) is 0.0320. The van der Waals surface area contributed by atoms with Gasteiger partial charge < -0.3 is 20.3 Å². The number of aliphatic hydroxyl groups is 2. The molecule has 6 heteroatoms. The summed E-state index contributed by atoms with van der Waals surface area (Å²) in [5.41, 5.74) is 0. The number of rotatable bonds is 77. The maximum Gasteiger partial charge on any atom is 0.305 e. The molecule has 0 fully saturated rings. The Morgan fingerprint density at radius 1 is 0.310 bits per heavy atom. The second kappa shape index (κ2) is 77.1. The third-order valence-corrected chi connectivity index (χ3v) is 19.3. The van der Waals surface area contributed by atoms with E-state index in [1.54, 1.807) is 6.08 Å². The molecule has 0 aliphatic carbocycles. The minimum atomic E-state index is -0.839. The Labute approximate surface area is 546 Å². The first-order chi connectivity index (χ1) is 43.0. The average molecular weight is 1230 g/mol. The van der Waals surface area contributed by atoms with Crippen molar-refractivity contribution in [2.24, 2.45) is 0 Å². The van der Waals surface area contributed by atoms with Crippen molar-refractivity contribution in [2.75, 3.05) is 13.2 Å². The lowest BCUT2D eigenvalue weighted by molar-refractivity contribution is -0.143. The van der Waals surface area contributed by atoms with E-state index in [4.69, 9.17) is 4.74 Å². The third kappa shape index (κ3) is 73.5. The number of nitrogens with one attached hydrogen (secondary N) is 1. The van der Waals surface area contributed by atoms with Crippen molar-refractivity contribution in [3.8, 4) is 0 Å². The van der Waals surface area contributed by atoms with Gasteiger partial charge in [-0.05, 0) is 32.1 Å². The highest BCUT2D eigenvalue weighted by Gasteiger charge is 2.18. The molecule has 0 aromatic rings. The van der Waals surface area contributed by atoms with E-state index in [1.165, 1.54) is 405 Å². The lowest BCUT2D eigenvalue weighted by Gasteiger charge is -2.20. The number of hydrogen-bond acceptors (Lipinski definition) is 5. The highest BCUT2D eigenvalue weighted by atomic mass is 16.5. The second-order valence-corrected chi connectivity index (χ2v) is 28.1. The molecule has 0 heterocycles. The Morgan fingerprint density at radius 3 is 0.782 bits per heavy atom. The molecule has 6 nitrogen and oxygen atoms in total. The van der Waals surface area contributed by atoms with E-state index in [1.807, 2.05) is 6.08 Å². The van der Waals surface area contributed by atoms with Gasteiger partial charge in [0.15, 0.2) is 0 Å². The fourth-order valence-electron chi connectivity index (χ4n) is 13.2. The Hall–Kier alpha value is -1.40. The minimum Gasteiger partial charge on any atom is -0.466 e. The summed E-state index contributed by atoms with van der Waals surface area (Å²) in [6, 6.07) is -0.622. The fraction of sp³-hybridized carbons (Fsp3) is 0.951. The van der Waals surface area contributed by atoms with Gasteiger partial charge in [-0.2, -0.15) is 0 Å². The van der Waals surface area contributed by atoms with E-state index in [0.29, 0.717) is 19.4 Å². The van der Waals surface area contributed by atoms with Crippen molar-refractivity contribution in [2.45, 2.75) is 482 Å². The molecule has 0 saturated carbocycles. The molecule has 3 N–H and O–H groups in total. The normalized spacial score (nSPS) is 12.5. The zero-order valence-corrected chi connectivity index (χ0v) is 59.5. The van der Waals surface area contributed by atoms with E-state index in [-0.39, 0.29) is 18.5 Å². The molecule has 87 heavy (non-hydrogen) atoms. The fourth-order valence-corrected chi connectivity index (χ4v) is 13.2. The number of carbonyl (C=O) groups is 2. The number of hydrogen-bond donors (Lipinski definition) is 3. The maximum absolute atomic E-state index is 12.5. The predicted octanol–water partition coefficient (Wildman–Crippen LogP) is 26.7. The molecule has 2 atom stereocenters. The van der Waals surface area contributed by atoms with E-state index in [9.17, 15) is 19.8 Å². The molecule has 0 bridgehead atoms. The van der Waals surface area contributed by atoms with Crippen LogP contribution in [-0.4, -0.2) is 47.4 Å². The summed E-state index contributed by atoms with van der Waals surface area (Å²) < 4.78 is 5.53. The largest absolute Gasteiger partial charge is 0.466 e. The average Bonchev–Trinajstić information content (AvgIpc) is 3.52. The van der Waals surface area contributed by atoms with Crippen LogP contribution in [0.15, 0.2) is 12.2 Å². The molecule has 0 aromatic carbocycles. The van der Waals surface area contributed by atoms with Crippen molar-refractivity contribution in [3.63, 3.8) is 0 Å². The zero-order valence-electron chi connectivity index (χ0n) is 59.5. The molecule has 0 aliphatic rings. The Bertz CT molecular complexity index is 1320. The van der Waals surface area contributed by atoms with E-state index < -0.39 is 12.1 Å². The van der Waals surface area contributed by atoms with Crippen LogP contribution in [0.1, 0.15) is 470 Å². The number of unbranched alkanes of at least 4 members (excludes halogenated alkanes) is 66. The van der Waals surface area contributed by atoms with Gasteiger partial charge in [-0.25, -0.2) is 0 Å². The van der Waals surface area contributed by atoms with Crippen molar-refractivity contribution in [1.29, 1.82) is 0 Å². The van der Waals surface area contributed by atoms with E-state index >= 15 is 0 Å². The van der Waals surface area contributed by atoms with E-state index in [2.05, 4.69) is 19.2 Å². The van der Waals surface area contributed by atoms with Crippen LogP contribution in [0.25, 0.3) is 0 Å². The predicted molar refractivity (Wildman–Crippen MR) is 384 cm³/mol. The van der Waals surface area contributed by atoms with Gasteiger partial charge in [0.1, 0.15) is 0 Å². The van der Waals surface area contributed by atoms with Gasteiger partial charge >= 0.3 is 5.97 Å². The van der Waals surface area contributed by atoms with Crippen LogP contribution >= 0.6 is 0 Å². The molecule has 0 aliphatic heterocycles. The Kier molecular flexibility index (Phi) is 75.8. The molecule has 0 spiro atoms. The monoisotopic (exact) mass is 1230 g/mol. The van der Waals surface area contributed by atoms with Crippen molar-refractivity contribution in [1.82, 2.24) is 5.32 Å². The molecule has 0 rings (SSSR count). The first-order valence-corrected chi connectivity index (χ1v) is 40.5. The number of amides is 1. The number of carbonyl (C=O) groups excluding carboxylic acids is 2. The Balaban J connectivity index is 3.28. The summed E-state index contributed by atoms with van der Waals surface area (Å²) in [6.45, 7) is 4.96. The van der Waals surface area contributed by atoms with Gasteiger partial charge in [-0.1, -0.05) is 437 Å². The van der Waals surface area contributed by atoms with Gasteiger partial charge in [0.2, 0.25) is 5.91 Å². The van der Waals surface area contributed by atoms with Crippen LogP contribution in [-0.2, 0) is 14.3 Å². The van der Waals surface area contributed by atoms with Gasteiger partial charge in [0, 0.05) is 12.8 Å². The van der Waals surface area contributed by atoms with Crippen molar-refractivity contribution < 1.29 is 24.5 Å². The van der Waals surface area contributed by atoms with Crippen LogP contribution in [0, 0.1) is 0 Å². The SMILES string of the molecule is CCCCCCCCCCCCCC/C=C/C(O)C(CO)NC(=O)CCCCCCCCCCCCCCCCCCCCCCCCCCCCCCCCCCCCCCCOC(=O)CCCCCCCCCCCCCCCCCCCCC. The van der Waals surface area contributed by atoms with Crippen LogP contribution in [0.3, 0.4) is 0 Å². The summed E-state index contributed by atoms with van der Waals surface area (Å²) in [5.74, 6) is -0.0300. The molecule has 0 aromatic heterocycles. The van der Waals surface area contributed by atoms with Crippen molar-refractivity contribution in [3.05, 3.63) is 12.2 Å². The zero-order chi connectivity index (χ0) is 62.8. The van der Waals surface area contributed by atoms with Gasteiger partial charge in [-0.15, -0.1) is 0 Å². The molecule has 0 saturated heterocycles. The van der Waals surface area contributed by atoms with Crippen LogP contribution in [0.2, 0.25) is 0 Å². The first-order valence-electron chi connectivity index (χ1n) is 40.5. The molecular formula is C81H159NO5. The van der Waals surface area contributed by atoms with Gasteiger partial charge in [-0.3, -0.25) is 9.59 Å². The summed E-state index contributed by atoms with van der Waals surface area (Å²) in [4.78, 5) is 24.6. The molecule has 1 amide bonds. The highest BCUT2D eigenvalue weighted by Crippen LogP contribution is 2.20. The first kappa shape index (κ1) is 85.6. The lowest BCUT2D eigenvalue weighted by atomic mass is 10.0. The molecule has 0 radical (unpaired) electrons. The molecular weight excluding hydrogens is 1070 g/mol. The topological polar surface area (TPSA) is 95.9 Å². The smallest absolute Gasteiger partial charge is 0.305 e. The second-order valence-electron chi connectivity index (χ2n) is 28.1. The lowest BCUT2D eigenvalue weighted by Crippen LogP contribution is -2.45. The van der Waals surface area contributed by atoms with Crippen LogP contribution in [0.5, 0.6) is 0 Å². The maximum atomic E-state index is 12.5. The Morgan fingerprint density at radius 2 is 0.529 bits per heavy atom. The van der Waals surface area contributed by atoms with Crippen LogP contribution < -0.4 is 5.32 Å². The standard InChI is InChI=1S/C81H159NO5/c1-3-5-7-9-11-13-15-17-19-20-40-44-47-51-55-59-63-67-71-75-81(86)87-76-72-68-64-60-56-52-48-45-42-39-37-35-33-31-29-27-25-23-21-22-24-26-28-30-32-34-36-38-41-43-46-50-54-58-62-66-70-74-80(85)82-78(77-83)79(84)73-69-65-61-57-53-49-18-16-14-12-10-8-6-4-2/h69,73,78-79,83-84H,3-68,70-72,74-77H2,1-2H3,(H,82,85)/b73-69+. The van der Waals surface area contributed by atoms with Gasteiger partial charge in [0.25, 0.3) is 0 Å². The van der Waals surface area contributed by atoms with E-state index in [0.717, 1.165) is 38.5 Å². The molecule has 518 valence electrons. The molecule has 2 unspecified atom stereocenters. The highest BCUT2D eigenvalue weighted by molar-refractivity contribution is 5.76.